The van der Waals surface area contributed by atoms with Crippen molar-refractivity contribution in [3.05, 3.63) is 23.2 Å². The average molecular weight is 300 g/mol. The molecule has 9 heteroatoms. The number of nitrogen functional groups attached to an aromatic ring is 1. The van der Waals surface area contributed by atoms with Crippen LogP contribution in [-0.2, 0) is 0 Å². The molecule has 0 atom stereocenters. The summed E-state index contributed by atoms with van der Waals surface area (Å²) >= 11 is 0.342. The zero-order chi connectivity index (χ0) is 14.4. The van der Waals surface area contributed by atoms with Crippen molar-refractivity contribution in [1.29, 1.82) is 0 Å². The third kappa shape index (κ3) is 2.75. The van der Waals surface area contributed by atoms with E-state index >= 15 is 0 Å². The minimum Gasteiger partial charge on any atom is -0.399 e. The first-order chi connectivity index (χ1) is 8.59. The lowest BCUT2D eigenvalue weighted by atomic mass is 10.1. The lowest BCUT2D eigenvalue weighted by Gasteiger charge is -2.20. The van der Waals surface area contributed by atoms with Crippen molar-refractivity contribution in [3.63, 3.8) is 0 Å². The Morgan fingerprint density at radius 2 is 1.63 bits per heavy atom. The molecule has 2 rings (SSSR count). The minimum absolute atomic E-state index is 0.0627. The molecule has 0 unspecified atom stereocenters. The van der Waals surface area contributed by atoms with Gasteiger partial charge in [0.2, 0.25) is 5.92 Å². The van der Waals surface area contributed by atoms with Crippen LogP contribution in [-0.4, -0.2) is 17.3 Å². The molecule has 0 amide bonds. The van der Waals surface area contributed by atoms with Gasteiger partial charge in [-0.1, -0.05) is 0 Å². The highest BCUT2D eigenvalue weighted by Crippen LogP contribution is 2.48. The van der Waals surface area contributed by atoms with Crippen LogP contribution >= 0.6 is 11.3 Å². The molecule has 1 heterocycles. The first-order valence-electron chi connectivity index (χ1n) is 4.88. The molecular formula is C10H6F6N2S. The summed E-state index contributed by atoms with van der Waals surface area (Å²) in [5, 5.41) is -1.03. The van der Waals surface area contributed by atoms with Gasteiger partial charge in [0.15, 0.2) is 0 Å². The van der Waals surface area contributed by atoms with Gasteiger partial charge in [0.25, 0.3) is 0 Å². The SMILES string of the molecule is Nc1ccc2nc(C(C(F)(F)F)C(F)(F)F)sc2c1. The fourth-order valence-corrected chi connectivity index (χ4v) is 2.72. The van der Waals surface area contributed by atoms with Gasteiger partial charge in [0.05, 0.1) is 10.2 Å². The molecule has 0 fully saturated rings. The van der Waals surface area contributed by atoms with Gasteiger partial charge in [-0.25, -0.2) is 4.98 Å². The number of rotatable bonds is 1. The first-order valence-corrected chi connectivity index (χ1v) is 5.70. The summed E-state index contributed by atoms with van der Waals surface area (Å²) in [4.78, 5) is 3.41. The van der Waals surface area contributed by atoms with E-state index in [1.807, 2.05) is 0 Å². The summed E-state index contributed by atoms with van der Waals surface area (Å²) < 4.78 is 75.4. The zero-order valence-electron chi connectivity index (χ0n) is 9.01. The van der Waals surface area contributed by atoms with E-state index in [0.29, 0.717) is 11.3 Å². The molecule has 2 aromatic rings. The average Bonchev–Trinajstić information content (AvgIpc) is 2.54. The lowest BCUT2D eigenvalue weighted by Crippen LogP contribution is -2.33. The first kappa shape index (κ1) is 13.9. The summed E-state index contributed by atoms with van der Waals surface area (Å²) in [6.45, 7) is 0. The van der Waals surface area contributed by atoms with E-state index in [-0.39, 0.29) is 15.9 Å². The normalized spacial score (nSPS) is 13.4. The van der Waals surface area contributed by atoms with Crippen molar-refractivity contribution < 1.29 is 26.3 Å². The van der Waals surface area contributed by atoms with E-state index in [0.717, 1.165) is 0 Å². The van der Waals surface area contributed by atoms with Gasteiger partial charge < -0.3 is 5.73 Å². The number of hydrogen-bond donors (Lipinski definition) is 1. The highest BCUT2D eigenvalue weighted by Gasteiger charge is 2.59. The van der Waals surface area contributed by atoms with Gasteiger partial charge in [-0.2, -0.15) is 26.3 Å². The van der Waals surface area contributed by atoms with E-state index in [1.54, 1.807) is 0 Å². The van der Waals surface area contributed by atoms with Crippen LogP contribution in [0, 0.1) is 0 Å². The topological polar surface area (TPSA) is 38.9 Å². The summed E-state index contributed by atoms with van der Waals surface area (Å²) in [5.41, 5.74) is 5.73. The number of alkyl halides is 6. The van der Waals surface area contributed by atoms with Gasteiger partial charge in [-0.15, -0.1) is 11.3 Å². The van der Waals surface area contributed by atoms with Crippen molar-refractivity contribution in [1.82, 2.24) is 4.98 Å². The van der Waals surface area contributed by atoms with Crippen LogP contribution in [0.1, 0.15) is 10.9 Å². The van der Waals surface area contributed by atoms with Crippen LogP contribution < -0.4 is 5.73 Å². The van der Waals surface area contributed by atoms with E-state index in [1.165, 1.54) is 18.2 Å². The fourth-order valence-electron chi connectivity index (χ4n) is 1.55. The summed E-state index contributed by atoms with van der Waals surface area (Å²) in [7, 11) is 0. The van der Waals surface area contributed by atoms with Crippen molar-refractivity contribution in [2.24, 2.45) is 0 Å². The molecule has 19 heavy (non-hydrogen) atoms. The number of nitrogens with two attached hydrogens (primary N) is 1. The molecule has 0 spiro atoms. The lowest BCUT2D eigenvalue weighted by molar-refractivity contribution is -0.253. The Balaban J connectivity index is 2.57. The number of benzene rings is 1. The number of anilines is 1. The highest BCUT2D eigenvalue weighted by atomic mass is 32.1. The number of fused-ring (bicyclic) bond motifs is 1. The van der Waals surface area contributed by atoms with Crippen LogP contribution in [0.4, 0.5) is 32.0 Å². The molecule has 104 valence electrons. The van der Waals surface area contributed by atoms with Crippen molar-refractivity contribution in [2.75, 3.05) is 5.73 Å². The second-order valence-corrected chi connectivity index (χ2v) is 4.86. The van der Waals surface area contributed by atoms with Crippen LogP contribution in [0.5, 0.6) is 0 Å². The van der Waals surface area contributed by atoms with Gasteiger partial charge in [-0.05, 0) is 18.2 Å². The third-order valence-corrected chi connectivity index (χ3v) is 3.41. The van der Waals surface area contributed by atoms with Crippen molar-refractivity contribution >= 4 is 27.2 Å². The number of halogens is 6. The number of hydrogen-bond acceptors (Lipinski definition) is 3. The quantitative estimate of drug-likeness (QED) is 0.636. The molecular weight excluding hydrogens is 294 g/mol. The van der Waals surface area contributed by atoms with E-state index < -0.39 is 23.3 Å². The maximum Gasteiger partial charge on any atom is 0.406 e. The van der Waals surface area contributed by atoms with Crippen LogP contribution in [0.2, 0.25) is 0 Å². The number of thiazole rings is 1. The van der Waals surface area contributed by atoms with Gasteiger partial charge >= 0.3 is 12.4 Å². The monoisotopic (exact) mass is 300 g/mol. The zero-order valence-corrected chi connectivity index (χ0v) is 9.83. The second kappa shape index (κ2) is 4.26. The molecule has 0 radical (unpaired) electrons. The van der Waals surface area contributed by atoms with E-state index in [2.05, 4.69) is 4.98 Å². The molecule has 0 saturated carbocycles. The molecule has 0 aliphatic rings. The van der Waals surface area contributed by atoms with Crippen LogP contribution in [0.15, 0.2) is 18.2 Å². The van der Waals surface area contributed by atoms with Gasteiger partial charge in [0.1, 0.15) is 5.01 Å². The maximum atomic E-state index is 12.5. The highest BCUT2D eigenvalue weighted by molar-refractivity contribution is 7.18. The Bertz CT molecular complexity index is 586. The molecule has 2 N–H and O–H groups in total. The summed E-state index contributed by atoms with van der Waals surface area (Å²) in [6, 6.07) is 3.94. The smallest absolute Gasteiger partial charge is 0.399 e. The molecule has 0 saturated heterocycles. The molecule has 0 aliphatic heterocycles. The molecule has 1 aromatic heterocycles. The number of aromatic nitrogens is 1. The summed E-state index contributed by atoms with van der Waals surface area (Å²) in [5.74, 6) is -3.57. The maximum absolute atomic E-state index is 12.5. The Hall–Kier alpha value is -1.51. The van der Waals surface area contributed by atoms with E-state index in [9.17, 15) is 26.3 Å². The molecule has 2 nitrogen and oxygen atoms in total. The third-order valence-electron chi connectivity index (χ3n) is 2.33. The predicted octanol–water partition coefficient (Wildman–Crippen LogP) is 4.09. The predicted molar refractivity (Wildman–Crippen MR) is 58.9 cm³/mol. The molecule has 0 bridgehead atoms. The van der Waals surface area contributed by atoms with Crippen LogP contribution in [0.3, 0.4) is 0 Å². The minimum atomic E-state index is -5.43. The Labute approximate surface area is 106 Å². The largest absolute Gasteiger partial charge is 0.406 e. The number of nitrogens with zero attached hydrogens (tertiary/aromatic N) is 1. The standard InChI is InChI=1S/C10H6F6N2S/c11-9(12,13)7(10(14,15)16)8-18-5-2-1-4(17)3-6(5)19-8/h1-3,7H,17H2. The fraction of sp³-hybridized carbons (Fsp3) is 0.300. The molecule has 1 aromatic carbocycles. The van der Waals surface area contributed by atoms with Gasteiger partial charge in [0, 0.05) is 5.69 Å². The summed E-state index contributed by atoms with van der Waals surface area (Å²) in [6.07, 6.45) is -10.9. The second-order valence-electron chi connectivity index (χ2n) is 3.80. The Morgan fingerprint density at radius 3 is 2.16 bits per heavy atom. The van der Waals surface area contributed by atoms with E-state index in [4.69, 9.17) is 5.73 Å². The van der Waals surface area contributed by atoms with Crippen LogP contribution in [0.25, 0.3) is 10.2 Å². The van der Waals surface area contributed by atoms with Crippen molar-refractivity contribution in [2.45, 2.75) is 18.3 Å². The molecule has 0 aliphatic carbocycles. The Morgan fingerprint density at radius 1 is 1.05 bits per heavy atom. The Kier molecular flexibility index (Phi) is 3.12. The van der Waals surface area contributed by atoms with Gasteiger partial charge in [-0.3, -0.25) is 0 Å². The van der Waals surface area contributed by atoms with Crippen molar-refractivity contribution in [3.8, 4) is 0 Å².